The number of benzene rings is 1. The zero-order valence-corrected chi connectivity index (χ0v) is 13.3. The molecule has 2 aliphatic rings. The normalized spacial score (nSPS) is 19.1. The number of anilines is 1. The largest absolute Gasteiger partial charge is 0.388 e. The van der Waals surface area contributed by atoms with E-state index in [2.05, 4.69) is 33.7 Å². The fourth-order valence-electron chi connectivity index (χ4n) is 3.43. The van der Waals surface area contributed by atoms with E-state index in [0.29, 0.717) is 0 Å². The third-order valence-electron chi connectivity index (χ3n) is 4.62. The number of carbonyl (C=O) groups excluding carboxylic acids is 1. The van der Waals surface area contributed by atoms with Gasteiger partial charge in [0.2, 0.25) is 0 Å². The third kappa shape index (κ3) is 3.17. The van der Waals surface area contributed by atoms with Gasteiger partial charge in [0.1, 0.15) is 6.29 Å². The molecule has 0 saturated carbocycles. The van der Waals surface area contributed by atoms with Crippen LogP contribution in [-0.2, 0) is 11.3 Å². The molecule has 0 bridgehead atoms. The molecule has 22 heavy (non-hydrogen) atoms. The van der Waals surface area contributed by atoms with Gasteiger partial charge in [0.15, 0.2) is 0 Å². The lowest BCUT2D eigenvalue weighted by Crippen LogP contribution is -2.22. The van der Waals surface area contributed by atoms with Crippen molar-refractivity contribution in [2.24, 2.45) is 0 Å². The fraction of sp³-hybridized carbons (Fsp3) is 0.500. The van der Waals surface area contributed by atoms with Crippen LogP contribution in [0, 0.1) is 0 Å². The number of hydrogen-bond acceptors (Lipinski definition) is 4. The van der Waals surface area contributed by atoms with Crippen LogP contribution in [0.5, 0.6) is 0 Å². The smallest absolute Gasteiger partial charge is 0.148 e. The van der Waals surface area contributed by atoms with Gasteiger partial charge in [0.05, 0.1) is 0 Å². The van der Waals surface area contributed by atoms with Crippen molar-refractivity contribution in [2.75, 3.05) is 32.0 Å². The minimum Gasteiger partial charge on any atom is -0.388 e. The molecule has 0 aliphatic carbocycles. The van der Waals surface area contributed by atoms with Crippen LogP contribution in [0.15, 0.2) is 23.8 Å². The van der Waals surface area contributed by atoms with E-state index in [0.717, 1.165) is 54.7 Å². The lowest BCUT2D eigenvalue weighted by Gasteiger charge is -2.23. The maximum absolute atomic E-state index is 11.3. The minimum atomic E-state index is 0.866. The monoisotopic (exact) mass is 299 g/mol. The summed E-state index contributed by atoms with van der Waals surface area (Å²) < 4.78 is 0. The number of nitrogens with one attached hydrogen (secondary N) is 2. The molecule has 0 amide bonds. The highest BCUT2D eigenvalue weighted by Crippen LogP contribution is 2.29. The van der Waals surface area contributed by atoms with Gasteiger partial charge >= 0.3 is 0 Å². The summed E-state index contributed by atoms with van der Waals surface area (Å²) in [5, 5.41) is 6.70. The molecular weight excluding hydrogens is 274 g/mol. The van der Waals surface area contributed by atoms with Crippen LogP contribution in [0.4, 0.5) is 5.69 Å². The molecule has 0 aromatic heterocycles. The maximum atomic E-state index is 11.3. The number of carbonyl (C=O) groups is 1. The van der Waals surface area contributed by atoms with Crippen LogP contribution in [0.25, 0.3) is 5.70 Å². The average Bonchev–Trinajstić information content (AvgIpc) is 3.07. The van der Waals surface area contributed by atoms with E-state index < -0.39 is 0 Å². The molecule has 1 saturated heterocycles. The first kappa shape index (κ1) is 15.1. The molecule has 4 nitrogen and oxygen atoms in total. The van der Waals surface area contributed by atoms with Crippen molar-refractivity contribution in [3.05, 3.63) is 34.9 Å². The van der Waals surface area contributed by atoms with Crippen molar-refractivity contribution in [1.29, 1.82) is 0 Å². The highest BCUT2D eigenvalue weighted by molar-refractivity contribution is 5.91. The van der Waals surface area contributed by atoms with Gasteiger partial charge in [-0.1, -0.05) is 12.1 Å². The Kier molecular flexibility index (Phi) is 4.78. The molecule has 1 aromatic carbocycles. The van der Waals surface area contributed by atoms with Crippen LogP contribution in [0.3, 0.4) is 0 Å². The van der Waals surface area contributed by atoms with Crippen molar-refractivity contribution in [3.8, 4) is 0 Å². The first-order valence-corrected chi connectivity index (χ1v) is 8.27. The maximum Gasteiger partial charge on any atom is 0.148 e. The molecule has 0 unspecified atom stereocenters. The molecule has 1 aromatic rings. The van der Waals surface area contributed by atoms with Gasteiger partial charge in [-0.25, -0.2) is 0 Å². The Morgan fingerprint density at radius 1 is 1.27 bits per heavy atom. The Bertz CT molecular complexity index is 574. The molecule has 0 radical (unpaired) electrons. The zero-order chi connectivity index (χ0) is 15.4. The molecule has 118 valence electrons. The molecule has 4 heteroatoms. The second-order valence-electron chi connectivity index (χ2n) is 6.16. The van der Waals surface area contributed by atoms with Crippen molar-refractivity contribution in [1.82, 2.24) is 10.2 Å². The van der Waals surface area contributed by atoms with E-state index in [-0.39, 0.29) is 0 Å². The lowest BCUT2D eigenvalue weighted by atomic mass is 9.97. The van der Waals surface area contributed by atoms with Crippen molar-refractivity contribution >= 4 is 17.7 Å². The van der Waals surface area contributed by atoms with Crippen LogP contribution in [0.2, 0.25) is 0 Å². The number of nitrogens with zero attached hydrogens (tertiary/aromatic N) is 1. The number of aldehydes is 1. The fourth-order valence-corrected chi connectivity index (χ4v) is 3.43. The Balaban J connectivity index is 1.88. The molecule has 2 aliphatic heterocycles. The Morgan fingerprint density at radius 3 is 2.82 bits per heavy atom. The van der Waals surface area contributed by atoms with E-state index in [9.17, 15) is 4.79 Å². The van der Waals surface area contributed by atoms with E-state index in [1.807, 2.05) is 7.05 Å². The molecule has 0 atom stereocenters. The van der Waals surface area contributed by atoms with Gasteiger partial charge in [0.25, 0.3) is 0 Å². The Hall–Kier alpha value is -1.81. The summed E-state index contributed by atoms with van der Waals surface area (Å²) in [5.74, 6) is 0. The first-order chi connectivity index (χ1) is 10.8. The first-order valence-electron chi connectivity index (χ1n) is 8.27. The van der Waals surface area contributed by atoms with Crippen LogP contribution in [0.1, 0.15) is 36.8 Å². The van der Waals surface area contributed by atoms with Crippen LogP contribution < -0.4 is 10.6 Å². The summed E-state index contributed by atoms with van der Waals surface area (Å²) in [6, 6.07) is 6.56. The Labute approximate surface area is 132 Å². The third-order valence-corrected chi connectivity index (χ3v) is 4.62. The minimum absolute atomic E-state index is 0.866. The number of likely N-dealkylation sites (tertiary alicyclic amines) is 1. The summed E-state index contributed by atoms with van der Waals surface area (Å²) in [6.45, 7) is 4.37. The van der Waals surface area contributed by atoms with Crippen molar-refractivity contribution < 1.29 is 4.79 Å². The summed E-state index contributed by atoms with van der Waals surface area (Å²) in [4.78, 5) is 13.8. The second-order valence-corrected chi connectivity index (χ2v) is 6.16. The van der Waals surface area contributed by atoms with Crippen LogP contribution in [-0.4, -0.2) is 37.9 Å². The summed E-state index contributed by atoms with van der Waals surface area (Å²) >= 11 is 0. The number of hydrogen-bond donors (Lipinski definition) is 2. The van der Waals surface area contributed by atoms with E-state index >= 15 is 0 Å². The molecule has 1 fully saturated rings. The van der Waals surface area contributed by atoms with E-state index in [1.54, 1.807) is 0 Å². The summed E-state index contributed by atoms with van der Waals surface area (Å²) in [7, 11) is 1.95. The highest BCUT2D eigenvalue weighted by atomic mass is 16.1. The van der Waals surface area contributed by atoms with E-state index in [4.69, 9.17) is 0 Å². The summed E-state index contributed by atoms with van der Waals surface area (Å²) in [6.07, 6.45) is 5.52. The topological polar surface area (TPSA) is 44.4 Å². The van der Waals surface area contributed by atoms with Gasteiger partial charge < -0.3 is 10.6 Å². The van der Waals surface area contributed by atoms with Gasteiger partial charge in [-0.15, -0.1) is 0 Å². The zero-order valence-electron chi connectivity index (χ0n) is 13.3. The molecular formula is C18H25N3O. The van der Waals surface area contributed by atoms with E-state index in [1.165, 1.54) is 31.5 Å². The number of allylic oxidation sites excluding steroid dienone is 1. The molecule has 2 N–H and O–H groups in total. The Morgan fingerprint density at radius 2 is 2.09 bits per heavy atom. The van der Waals surface area contributed by atoms with Crippen molar-refractivity contribution in [3.63, 3.8) is 0 Å². The van der Waals surface area contributed by atoms with Gasteiger partial charge in [0, 0.05) is 42.7 Å². The van der Waals surface area contributed by atoms with Gasteiger partial charge in [-0.3, -0.25) is 9.69 Å². The standard InChI is InChI=1S/C18H25N3O/c1-19-17-11-14(12-21-9-2-3-10-21)6-7-16(17)18-15(13-22)5-4-8-20-18/h6-7,11,13,19-20H,2-5,8-10,12H2,1H3. The lowest BCUT2D eigenvalue weighted by molar-refractivity contribution is -0.105. The predicted molar refractivity (Wildman–Crippen MR) is 90.7 cm³/mol. The summed E-state index contributed by atoms with van der Waals surface area (Å²) in [5.41, 5.74) is 5.42. The number of rotatable bonds is 5. The van der Waals surface area contributed by atoms with Gasteiger partial charge in [-0.05, 0) is 50.4 Å². The van der Waals surface area contributed by atoms with Gasteiger partial charge in [-0.2, -0.15) is 0 Å². The highest BCUT2D eigenvalue weighted by Gasteiger charge is 2.17. The quantitative estimate of drug-likeness (QED) is 0.820. The molecule has 2 heterocycles. The SMILES string of the molecule is CNc1cc(CN2CCCC2)ccc1C1=C(C=O)CCCN1. The van der Waals surface area contributed by atoms with Crippen molar-refractivity contribution in [2.45, 2.75) is 32.2 Å². The molecule has 3 rings (SSSR count). The van der Waals surface area contributed by atoms with Crippen LogP contribution >= 0.6 is 0 Å². The average molecular weight is 299 g/mol. The second kappa shape index (κ2) is 6.97. The molecule has 0 spiro atoms. The predicted octanol–water partition coefficient (Wildman–Crippen LogP) is 2.62.